The average Bonchev–Trinajstić information content (AvgIpc) is 2.14. The molecular formula is C4H7N2O2. The fourth-order valence-corrected chi connectivity index (χ4v) is 0.491. The van der Waals surface area contributed by atoms with E-state index in [0.717, 1.165) is 0 Å². The fourth-order valence-electron chi connectivity index (χ4n) is 0.491. The zero-order chi connectivity index (χ0) is 5.98. The third kappa shape index (κ3) is 0.894. The van der Waals surface area contributed by atoms with Crippen LogP contribution < -0.4 is 10.6 Å². The van der Waals surface area contributed by atoms with Crippen LogP contribution in [0.25, 0.3) is 0 Å². The van der Waals surface area contributed by atoms with E-state index in [1.165, 1.54) is 7.11 Å². The average molecular weight is 115 g/mol. The lowest BCUT2D eigenvalue weighted by atomic mass is 10.6. The second kappa shape index (κ2) is 2.00. The van der Waals surface area contributed by atoms with E-state index >= 15 is 0 Å². The highest BCUT2D eigenvalue weighted by atomic mass is 16.5. The van der Waals surface area contributed by atoms with Gasteiger partial charge in [0.05, 0.1) is 0 Å². The van der Waals surface area contributed by atoms with Crippen molar-refractivity contribution in [1.82, 2.24) is 10.6 Å². The van der Waals surface area contributed by atoms with Crippen LogP contribution in [0, 0.1) is 6.54 Å². The molecule has 0 aromatic heterocycles. The minimum Gasteiger partial charge on any atom is -0.359 e. The van der Waals surface area contributed by atoms with Crippen molar-refractivity contribution in [3.63, 3.8) is 0 Å². The predicted octanol–water partition coefficient (Wildman–Crippen LogP) is -0.567. The smallest absolute Gasteiger partial charge is 0.317 e. The minimum absolute atomic E-state index is 0.211. The van der Waals surface area contributed by atoms with Gasteiger partial charge in [-0.25, -0.2) is 4.79 Å². The van der Waals surface area contributed by atoms with Crippen LogP contribution in [-0.4, -0.2) is 19.4 Å². The summed E-state index contributed by atoms with van der Waals surface area (Å²) < 4.78 is 4.73. The Labute approximate surface area is 47.2 Å². The number of hydrogen-bond donors (Lipinski definition) is 2. The van der Waals surface area contributed by atoms with Gasteiger partial charge in [0.2, 0.25) is 0 Å². The van der Waals surface area contributed by atoms with E-state index in [1.807, 2.05) is 0 Å². The van der Waals surface area contributed by atoms with Gasteiger partial charge in [-0.1, -0.05) is 0 Å². The normalized spacial score (nSPS) is 27.1. The first-order valence-corrected chi connectivity index (χ1v) is 2.26. The molecule has 1 unspecified atom stereocenters. The molecule has 1 aliphatic heterocycles. The molecule has 1 aliphatic rings. The predicted molar refractivity (Wildman–Crippen MR) is 26.8 cm³/mol. The fraction of sp³-hybridized carbons (Fsp3) is 0.500. The Bertz CT molecular complexity index is 104. The van der Waals surface area contributed by atoms with Gasteiger partial charge in [-0.2, -0.15) is 0 Å². The third-order valence-electron chi connectivity index (χ3n) is 0.893. The number of rotatable bonds is 1. The first-order valence-electron chi connectivity index (χ1n) is 2.26. The lowest BCUT2D eigenvalue weighted by molar-refractivity contribution is 0.119. The Kier molecular flexibility index (Phi) is 1.34. The van der Waals surface area contributed by atoms with Gasteiger partial charge in [0, 0.05) is 7.11 Å². The Morgan fingerprint density at radius 2 is 2.62 bits per heavy atom. The van der Waals surface area contributed by atoms with E-state index in [9.17, 15) is 4.79 Å². The van der Waals surface area contributed by atoms with Crippen molar-refractivity contribution in [2.45, 2.75) is 6.23 Å². The maximum atomic E-state index is 10.3. The van der Waals surface area contributed by atoms with Gasteiger partial charge < -0.3 is 15.4 Å². The highest BCUT2D eigenvalue weighted by Gasteiger charge is 2.18. The number of nitrogens with one attached hydrogen (secondary N) is 2. The highest BCUT2D eigenvalue weighted by molar-refractivity contribution is 5.77. The summed E-state index contributed by atoms with van der Waals surface area (Å²) >= 11 is 0. The molecule has 2 amide bonds. The first kappa shape index (κ1) is 5.37. The molecule has 8 heavy (non-hydrogen) atoms. The molecule has 0 aromatic carbocycles. The lowest BCUT2D eigenvalue weighted by Crippen LogP contribution is -2.27. The first-order chi connectivity index (χ1) is 3.83. The van der Waals surface area contributed by atoms with E-state index in [4.69, 9.17) is 4.74 Å². The minimum atomic E-state index is -0.262. The maximum absolute atomic E-state index is 10.3. The Morgan fingerprint density at radius 3 is 2.88 bits per heavy atom. The van der Waals surface area contributed by atoms with E-state index in [2.05, 4.69) is 10.6 Å². The van der Waals surface area contributed by atoms with Crippen molar-refractivity contribution in [2.24, 2.45) is 0 Å². The van der Waals surface area contributed by atoms with Crippen molar-refractivity contribution in [1.29, 1.82) is 0 Å². The van der Waals surface area contributed by atoms with Gasteiger partial charge in [0.15, 0.2) is 6.23 Å². The van der Waals surface area contributed by atoms with Crippen molar-refractivity contribution in [3.05, 3.63) is 6.54 Å². The number of ether oxygens (including phenoxy) is 1. The molecule has 1 radical (unpaired) electrons. The van der Waals surface area contributed by atoms with Gasteiger partial charge in [0.25, 0.3) is 0 Å². The third-order valence-corrected chi connectivity index (χ3v) is 0.893. The monoisotopic (exact) mass is 115 g/mol. The van der Waals surface area contributed by atoms with Crippen molar-refractivity contribution in [2.75, 3.05) is 7.11 Å². The summed E-state index contributed by atoms with van der Waals surface area (Å²) in [7, 11) is 1.52. The summed E-state index contributed by atoms with van der Waals surface area (Å²) in [6.07, 6.45) is -0.262. The van der Waals surface area contributed by atoms with Crippen LogP contribution >= 0.6 is 0 Å². The topological polar surface area (TPSA) is 50.4 Å². The molecule has 45 valence electrons. The van der Waals surface area contributed by atoms with Gasteiger partial charge in [-0.15, -0.1) is 0 Å². The van der Waals surface area contributed by atoms with Crippen LogP contribution in [0.15, 0.2) is 0 Å². The van der Waals surface area contributed by atoms with Gasteiger partial charge in [-0.05, 0) is 0 Å². The molecule has 0 saturated carbocycles. The molecule has 4 heteroatoms. The summed E-state index contributed by atoms with van der Waals surface area (Å²) in [5.74, 6) is 0. The molecule has 1 heterocycles. The second-order valence-electron chi connectivity index (χ2n) is 1.44. The van der Waals surface area contributed by atoms with E-state index < -0.39 is 0 Å². The van der Waals surface area contributed by atoms with Crippen LogP contribution in [0.3, 0.4) is 0 Å². The molecule has 1 saturated heterocycles. The quantitative estimate of drug-likeness (QED) is 0.481. The molecule has 4 nitrogen and oxygen atoms in total. The van der Waals surface area contributed by atoms with Crippen LogP contribution in [0.2, 0.25) is 0 Å². The van der Waals surface area contributed by atoms with Gasteiger partial charge in [-0.3, -0.25) is 0 Å². The molecule has 1 rings (SSSR count). The highest BCUT2D eigenvalue weighted by Crippen LogP contribution is 1.93. The van der Waals surface area contributed by atoms with Crippen LogP contribution in [-0.2, 0) is 4.74 Å². The van der Waals surface area contributed by atoms with Crippen molar-refractivity contribution < 1.29 is 9.53 Å². The van der Waals surface area contributed by atoms with Crippen LogP contribution in [0.4, 0.5) is 4.79 Å². The summed E-state index contributed by atoms with van der Waals surface area (Å²) in [4.78, 5) is 10.3. The number of amides is 2. The van der Waals surface area contributed by atoms with E-state index in [1.54, 1.807) is 6.54 Å². The van der Waals surface area contributed by atoms with E-state index in [-0.39, 0.29) is 12.3 Å². The number of carbonyl (C=O) groups is 1. The molecule has 0 aromatic rings. The summed E-state index contributed by atoms with van der Waals surface area (Å²) in [5, 5.41) is 4.90. The number of carbonyl (C=O) groups excluding carboxylic acids is 1. The molecular weight excluding hydrogens is 108 g/mol. The SMILES string of the molecule is COC1[CH]NC(=O)N1. The zero-order valence-corrected chi connectivity index (χ0v) is 4.47. The van der Waals surface area contributed by atoms with Gasteiger partial charge >= 0.3 is 6.03 Å². The van der Waals surface area contributed by atoms with Crippen LogP contribution in [0.5, 0.6) is 0 Å². The second-order valence-corrected chi connectivity index (χ2v) is 1.44. The zero-order valence-electron chi connectivity index (χ0n) is 4.47. The van der Waals surface area contributed by atoms with Crippen LogP contribution in [0.1, 0.15) is 0 Å². The summed E-state index contributed by atoms with van der Waals surface area (Å²) in [5.41, 5.74) is 0. The van der Waals surface area contributed by atoms with Crippen molar-refractivity contribution >= 4 is 6.03 Å². The Balaban J connectivity index is 2.32. The molecule has 1 fully saturated rings. The number of hydrogen-bond acceptors (Lipinski definition) is 2. The molecule has 0 bridgehead atoms. The molecule has 2 N–H and O–H groups in total. The Morgan fingerprint density at radius 1 is 1.88 bits per heavy atom. The molecule has 1 atom stereocenters. The molecule has 0 spiro atoms. The standard InChI is InChI=1S/C4H7N2O2/c1-8-3-2-5-4(7)6-3/h2-3H,1H3,(H2,5,6,7). The maximum Gasteiger partial charge on any atom is 0.317 e. The van der Waals surface area contributed by atoms with Gasteiger partial charge in [0.1, 0.15) is 6.54 Å². The largest absolute Gasteiger partial charge is 0.359 e. The van der Waals surface area contributed by atoms with Crippen molar-refractivity contribution in [3.8, 4) is 0 Å². The molecule has 0 aliphatic carbocycles. The Hall–Kier alpha value is -0.770. The number of urea groups is 1. The lowest BCUT2D eigenvalue weighted by Gasteiger charge is -2.01. The number of methoxy groups -OCH3 is 1. The van der Waals surface area contributed by atoms with E-state index in [0.29, 0.717) is 0 Å². The summed E-state index contributed by atoms with van der Waals surface area (Å²) in [6, 6.07) is -0.211. The summed E-state index contributed by atoms with van der Waals surface area (Å²) in [6.45, 7) is 1.54.